The molecular formula is C19H23N. The van der Waals surface area contributed by atoms with Gasteiger partial charge in [-0.1, -0.05) is 55.0 Å². The minimum atomic E-state index is 0.311. The number of hydrogen-bond donors (Lipinski definition) is 1. The molecular weight excluding hydrogens is 242 g/mol. The Hall–Kier alpha value is -1.60. The van der Waals surface area contributed by atoms with Gasteiger partial charge in [0.2, 0.25) is 0 Å². The van der Waals surface area contributed by atoms with Gasteiger partial charge in [0.15, 0.2) is 0 Å². The molecule has 1 nitrogen and oxygen atoms in total. The Labute approximate surface area is 122 Å². The molecule has 0 saturated heterocycles. The maximum atomic E-state index is 3.63. The lowest BCUT2D eigenvalue weighted by molar-refractivity contribution is 0.629. The van der Waals surface area contributed by atoms with Crippen LogP contribution in [-0.4, -0.2) is 6.54 Å². The molecule has 1 heteroatoms. The highest BCUT2D eigenvalue weighted by Crippen LogP contribution is 2.28. The van der Waals surface area contributed by atoms with Crippen LogP contribution in [-0.2, 0) is 12.8 Å². The Bertz CT molecular complexity index is 600. The maximum Gasteiger partial charge on any atom is 0.0576 e. The number of fused-ring (bicyclic) bond motifs is 1. The molecule has 0 aliphatic heterocycles. The molecule has 2 aromatic rings. The molecule has 0 amide bonds. The Morgan fingerprint density at radius 1 is 1.00 bits per heavy atom. The zero-order valence-electron chi connectivity index (χ0n) is 12.4. The van der Waals surface area contributed by atoms with Crippen LogP contribution in [0.25, 0.3) is 0 Å². The van der Waals surface area contributed by atoms with E-state index >= 15 is 0 Å². The van der Waals surface area contributed by atoms with E-state index in [2.05, 4.69) is 61.6 Å². The van der Waals surface area contributed by atoms with Crippen LogP contribution in [0.15, 0.2) is 42.5 Å². The van der Waals surface area contributed by atoms with Crippen LogP contribution in [0.2, 0.25) is 0 Å². The van der Waals surface area contributed by atoms with Crippen molar-refractivity contribution in [2.45, 2.75) is 39.2 Å². The lowest BCUT2D eigenvalue weighted by atomic mass is 9.95. The van der Waals surface area contributed by atoms with Gasteiger partial charge in [0.1, 0.15) is 0 Å². The highest BCUT2D eigenvalue weighted by Gasteiger charge is 2.17. The van der Waals surface area contributed by atoms with Crippen molar-refractivity contribution in [2.24, 2.45) is 0 Å². The van der Waals surface area contributed by atoms with Crippen LogP contribution in [0, 0.1) is 6.92 Å². The Morgan fingerprint density at radius 3 is 2.60 bits per heavy atom. The second-order valence-corrected chi connectivity index (χ2v) is 5.79. The predicted octanol–water partition coefficient (Wildman–Crippen LogP) is 4.18. The van der Waals surface area contributed by atoms with E-state index < -0.39 is 0 Å². The van der Waals surface area contributed by atoms with E-state index in [1.54, 1.807) is 11.1 Å². The van der Waals surface area contributed by atoms with Crippen LogP contribution < -0.4 is 5.32 Å². The first-order valence-electron chi connectivity index (χ1n) is 7.69. The zero-order valence-corrected chi connectivity index (χ0v) is 12.4. The summed E-state index contributed by atoms with van der Waals surface area (Å²) in [5.74, 6) is 0. The summed E-state index contributed by atoms with van der Waals surface area (Å²) >= 11 is 0. The van der Waals surface area contributed by atoms with E-state index in [4.69, 9.17) is 0 Å². The molecule has 0 heterocycles. The minimum absolute atomic E-state index is 0.311. The molecule has 0 radical (unpaired) electrons. The average Bonchev–Trinajstić information content (AvgIpc) is 2.92. The lowest BCUT2D eigenvalue weighted by Gasteiger charge is -2.20. The fraction of sp³-hybridized carbons (Fsp3) is 0.368. The molecule has 0 bridgehead atoms. The van der Waals surface area contributed by atoms with Crippen molar-refractivity contribution in [3.05, 3.63) is 70.3 Å². The summed E-state index contributed by atoms with van der Waals surface area (Å²) in [6, 6.07) is 16.2. The van der Waals surface area contributed by atoms with Gasteiger partial charge in [0.25, 0.3) is 0 Å². The summed E-state index contributed by atoms with van der Waals surface area (Å²) in [7, 11) is 0. The molecule has 1 N–H and O–H groups in total. The molecule has 0 spiro atoms. The molecule has 1 unspecified atom stereocenters. The van der Waals surface area contributed by atoms with Gasteiger partial charge in [0.05, 0.1) is 6.04 Å². The Balaban J connectivity index is 1.98. The fourth-order valence-electron chi connectivity index (χ4n) is 3.25. The van der Waals surface area contributed by atoms with Crippen LogP contribution in [0.5, 0.6) is 0 Å². The fourth-order valence-corrected chi connectivity index (χ4v) is 3.25. The smallest absolute Gasteiger partial charge is 0.0576 e. The van der Waals surface area contributed by atoms with E-state index in [-0.39, 0.29) is 0 Å². The highest BCUT2D eigenvalue weighted by molar-refractivity contribution is 5.40. The summed E-state index contributed by atoms with van der Waals surface area (Å²) in [4.78, 5) is 0. The SMILES string of the molecule is CCNC(c1cccc(C)c1)c1ccc2c(c1)CCC2. The standard InChI is InChI=1S/C19H23N/c1-3-20-19(17-9-4-6-14(2)12-17)18-11-10-15-7-5-8-16(15)13-18/h4,6,9-13,19-20H,3,5,7-8H2,1-2H3. The Morgan fingerprint density at radius 2 is 1.80 bits per heavy atom. The van der Waals surface area contributed by atoms with Gasteiger partial charge in [-0.2, -0.15) is 0 Å². The third kappa shape index (κ3) is 2.64. The molecule has 20 heavy (non-hydrogen) atoms. The number of nitrogens with one attached hydrogen (secondary N) is 1. The molecule has 104 valence electrons. The molecule has 2 aromatic carbocycles. The van der Waals surface area contributed by atoms with Gasteiger partial charge in [0, 0.05) is 0 Å². The molecule has 1 aliphatic rings. The summed E-state index contributed by atoms with van der Waals surface area (Å²) < 4.78 is 0. The highest BCUT2D eigenvalue weighted by atomic mass is 14.9. The van der Waals surface area contributed by atoms with E-state index in [1.165, 1.54) is 36.0 Å². The van der Waals surface area contributed by atoms with Crippen molar-refractivity contribution < 1.29 is 0 Å². The second kappa shape index (κ2) is 5.80. The molecule has 0 saturated carbocycles. The Kier molecular flexibility index (Phi) is 3.88. The van der Waals surface area contributed by atoms with Crippen LogP contribution in [0.1, 0.15) is 47.2 Å². The quantitative estimate of drug-likeness (QED) is 0.874. The first-order chi connectivity index (χ1) is 9.78. The van der Waals surface area contributed by atoms with E-state index in [0.717, 1.165) is 6.54 Å². The van der Waals surface area contributed by atoms with Crippen molar-refractivity contribution in [3.8, 4) is 0 Å². The predicted molar refractivity (Wildman–Crippen MR) is 85.2 cm³/mol. The average molecular weight is 265 g/mol. The molecule has 1 aliphatic carbocycles. The lowest BCUT2D eigenvalue weighted by Crippen LogP contribution is -2.22. The van der Waals surface area contributed by atoms with Crippen molar-refractivity contribution in [2.75, 3.05) is 6.54 Å². The van der Waals surface area contributed by atoms with Gasteiger partial charge >= 0.3 is 0 Å². The topological polar surface area (TPSA) is 12.0 Å². The molecule has 3 rings (SSSR count). The van der Waals surface area contributed by atoms with Gasteiger partial charge in [-0.25, -0.2) is 0 Å². The van der Waals surface area contributed by atoms with Crippen LogP contribution in [0.4, 0.5) is 0 Å². The zero-order chi connectivity index (χ0) is 13.9. The van der Waals surface area contributed by atoms with Gasteiger partial charge in [-0.05, 0) is 55.0 Å². The van der Waals surface area contributed by atoms with Crippen molar-refractivity contribution in [1.82, 2.24) is 5.32 Å². The first kappa shape index (κ1) is 13.4. The van der Waals surface area contributed by atoms with Gasteiger partial charge < -0.3 is 5.32 Å². The minimum Gasteiger partial charge on any atom is -0.307 e. The van der Waals surface area contributed by atoms with E-state index in [1.807, 2.05) is 0 Å². The summed E-state index contributed by atoms with van der Waals surface area (Å²) in [6.45, 7) is 5.32. The third-order valence-electron chi connectivity index (χ3n) is 4.24. The molecule has 1 atom stereocenters. The molecule has 0 aromatic heterocycles. The van der Waals surface area contributed by atoms with E-state index in [0.29, 0.717) is 6.04 Å². The monoisotopic (exact) mass is 265 g/mol. The van der Waals surface area contributed by atoms with Gasteiger partial charge in [-0.3, -0.25) is 0 Å². The van der Waals surface area contributed by atoms with Crippen LogP contribution in [0.3, 0.4) is 0 Å². The van der Waals surface area contributed by atoms with Crippen molar-refractivity contribution in [1.29, 1.82) is 0 Å². The number of aryl methyl sites for hydroxylation is 3. The first-order valence-corrected chi connectivity index (χ1v) is 7.69. The summed E-state index contributed by atoms with van der Waals surface area (Å²) in [6.07, 6.45) is 3.82. The summed E-state index contributed by atoms with van der Waals surface area (Å²) in [5.41, 5.74) is 7.20. The van der Waals surface area contributed by atoms with Crippen molar-refractivity contribution >= 4 is 0 Å². The normalized spacial score (nSPS) is 15.1. The van der Waals surface area contributed by atoms with E-state index in [9.17, 15) is 0 Å². The van der Waals surface area contributed by atoms with Crippen LogP contribution >= 0.6 is 0 Å². The number of benzene rings is 2. The second-order valence-electron chi connectivity index (χ2n) is 5.79. The maximum absolute atomic E-state index is 3.63. The largest absolute Gasteiger partial charge is 0.307 e. The number of hydrogen-bond acceptors (Lipinski definition) is 1. The number of rotatable bonds is 4. The third-order valence-corrected chi connectivity index (χ3v) is 4.24. The van der Waals surface area contributed by atoms with Crippen molar-refractivity contribution in [3.63, 3.8) is 0 Å². The molecule has 0 fully saturated rings. The van der Waals surface area contributed by atoms with Gasteiger partial charge in [-0.15, -0.1) is 0 Å². The summed E-state index contributed by atoms with van der Waals surface area (Å²) in [5, 5.41) is 3.63.